The van der Waals surface area contributed by atoms with Crippen molar-refractivity contribution < 1.29 is 4.39 Å². The molecule has 2 rings (SSSR count). The largest absolute Gasteiger partial charge is 0.205 e. The van der Waals surface area contributed by atoms with E-state index in [9.17, 15) is 4.39 Å². The molecule has 0 spiro atoms. The maximum Gasteiger partial charge on any atom is 0.141 e. The van der Waals surface area contributed by atoms with Gasteiger partial charge in [-0.3, -0.25) is 0 Å². The Kier molecular flexibility index (Phi) is 1.69. The Hall–Kier alpha value is -0.410. The highest BCUT2D eigenvalue weighted by molar-refractivity contribution is 9.10. The van der Waals surface area contributed by atoms with Gasteiger partial charge in [0.2, 0.25) is 0 Å². The molecule has 2 aromatic rings. The van der Waals surface area contributed by atoms with Gasteiger partial charge in [0.25, 0.3) is 0 Å². The first-order valence-electron chi connectivity index (χ1n) is 3.10. The van der Waals surface area contributed by atoms with Crippen LogP contribution in [0, 0.1) is 5.82 Å². The predicted molar refractivity (Wildman–Crippen MR) is 49.5 cm³/mol. The van der Waals surface area contributed by atoms with E-state index in [4.69, 9.17) is 0 Å². The Morgan fingerprint density at radius 3 is 2.82 bits per heavy atom. The van der Waals surface area contributed by atoms with Gasteiger partial charge in [-0.2, -0.15) is 0 Å². The molecule has 0 unspecified atom stereocenters. The van der Waals surface area contributed by atoms with Crippen molar-refractivity contribution in [3.63, 3.8) is 0 Å². The summed E-state index contributed by atoms with van der Waals surface area (Å²) < 4.78 is 14.7. The van der Waals surface area contributed by atoms with Crippen molar-refractivity contribution in [2.24, 2.45) is 0 Å². The Morgan fingerprint density at radius 1 is 1.27 bits per heavy atom. The van der Waals surface area contributed by atoms with Gasteiger partial charge in [0, 0.05) is 9.86 Å². The number of hydrogen-bond acceptors (Lipinski definition) is 1. The molecule has 0 atom stereocenters. The van der Waals surface area contributed by atoms with E-state index in [2.05, 4.69) is 15.9 Å². The van der Waals surface area contributed by atoms with Crippen LogP contribution in [0.15, 0.2) is 28.1 Å². The third kappa shape index (κ3) is 1.08. The van der Waals surface area contributed by atoms with Gasteiger partial charge in [-0.25, -0.2) is 4.39 Å². The minimum Gasteiger partial charge on any atom is -0.205 e. The average Bonchev–Trinajstić information content (AvgIpc) is 2.45. The van der Waals surface area contributed by atoms with E-state index in [1.165, 1.54) is 17.4 Å². The van der Waals surface area contributed by atoms with Gasteiger partial charge in [-0.05, 0) is 23.6 Å². The van der Waals surface area contributed by atoms with E-state index in [0.29, 0.717) is 0 Å². The van der Waals surface area contributed by atoms with Crippen molar-refractivity contribution in [1.29, 1.82) is 0 Å². The fourth-order valence-electron chi connectivity index (χ4n) is 0.994. The lowest BCUT2D eigenvalue weighted by Crippen LogP contribution is -1.72. The Labute approximate surface area is 75.8 Å². The molecule has 1 aromatic carbocycles. The number of thiophene rings is 1. The van der Waals surface area contributed by atoms with Crippen molar-refractivity contribution >= 4 is 37.4 Å². The van der Waals surface area contributed by atoms with Crippen LogP contribution in [0.2, 0.25) is 0 Å². The van der Waals surface area contributed by atoms with Gasteiger partial charge in [0.05, 0.1) is 4.70 Å². The van der Waals surface area contributed by atoms with Crippen LogP contribution in [0.1, 0.15) is 0 Å². The molecule has 56 valence electrons. The van der Waals surface area contributed by atoms with Crippen LogP contribution < -0.4 is 0 Å². The maximum atomic E-state index is 13.0. The van der Waals surface area contributed by atoms with Gasteiger partial charge < -0.3 is 0 Å². The molecular formula is C8H4BrFS. The minimum atomic E-state index is -0.141. The van der Waals surface area contributed by atoms with Crippen LogP contribution >= 0.6 is 27.3 Å². The lowest BCUT2D eigenvalue weighted by atomic mass is 10.3. The molecular weight excluding hydrogens is 227 g/mol. The molecule has 3 heteroatoms. The summed E-state index contributed by atoms with van der Waals surface area (Å²) >= 11 is 4.77. The molecule has 0 saturated carbocycles. The molecule has 1 aromatic heterocycles. The molecule has 0 aliphatic heterocycles. The summed E-state index contributed by atoms with van der Waals surface area (Å²) in [4.78, 5) is 0. The van der Waals surface area contributed by atoms with Crippen molar-refractivity contribution in [2.45, 2.75) is 0 Å². The second kappa shape index (κ2) is 2.57. The summed E-state index contributed by atoms with van der Waals surface area (Å²) in [7, 11) is 0. The van der Waals surface area contributed by atoms with Gasteiger partial charge >= 0.3 is 0 Å². The van der Waals surface area contributed by atoms with E-state index >= 15 is 0 Å². The number of halogens is 2. The topological polar surface area (TPSA) is 0 Å². The molecule has 0 fully saturated rings. The smallest absolute Gasteiger partial charge is 0.141 e. The second-order valence-electron chi connectivity index (χ2n) is 2.19. The third-order valence-corrected chi connectivity index (χ3v) is 3.13. The molecule has 0 N–H and O–H groups in total. The zero-order chi connectivity index (χ0) is 7.84. The van der Waals surface area contributed by atoms with Crippen molar-refractivity contribution in [3.8, 4) is 0 Å². The predicted octanol–water partition coefficient (Wildman–Crippen LogP) is 3.80. The van der Waals surface area contributed by atoms with Crippen LogP contribution in [-0.4, -0.2) is 0 Å². The Balaban J connectivity index is 2.96. The Morgan fingerprint density at radius 2 is 2.09 bits per heavy atom. The molecule has 0 amide bonds. The molecule has 0 bridgehead atoms. The average molecular weight is 231 g/mol. The zero-order valence-electron chi connectivity index (χ0n) is 5.47. The molecule has 0 aliphatic carbocycles. The lowest BCUT2D eigenvalue weighted by Gasteiger charge is -1.93. The van der Waals surface area contributed by atoms with Crippen LogP contribution in [-0.2, 0) is 0 Å². The first kappa shape index (κ1) is 7.25. The minimum absolute atomic E-state index is 0.141. The summed E-state index contributed by atoms with van der Waals surface area (Å²) in [6, 6.07) is 5.11. The van der Waals surface area contributed by atoms with E-state index < -0.39 is 0 Å². The van der Waals surface area contributed by atoms with E-state index in [0.717, 1.165) is 14.6 Å². The van der Waals surface area contributed by atoms with Gasteiger partial charge in [0.1, 0.15) is 5.82 Å². The quantitative estimate of drug-likeness (QED) is 0.646. The number of hydrogen-bond donors (Lipinski definition) is 0. The van der Waals surface area contributed by atoms with E-state index in [1.807, 2.05) is 11.4 Å². The normalized spacial score (nSPS) is 10.7. The number of benzene rings is 1. The fourth-order valence-corrected chi connectivity index (χ4v) is 2.41. The summed E-state index contributed by atoms with van der Waals surface area (Å²) in [5.41, 5.74) is 0. The lowest BCUT2D eigenvalue weighted by molar-refractivity contribution is 0.641. The van der Waals surface area contributed by atoms with Crippen LogP contribution in [0.5, 0.6) is 0 Å². The standard InChI is InChI=1S/C8H4BrFS/c9-6-1-2-7(10)8-5(6)3-4-11-8/h1-4H. The third-order valence-electron chi connectivity index (χ3n) is 1.52. The molecule has 0 nitrogen and oxygen atoms in total. The van der Waals surface area contributed by atoms with E-state index in [-0.39, 0.29) is 5.82 Å². The summed E-state index contributed by atoms with van der Waals surface area (Å²) in [6.07, 6.45) is 0. The number of fused-ring (bicyclic) bond motifs is 1. The molecule has 11 heavy (non-hydrogen) atoms. The van der Waals surface area contributed by atoms with Crippen molar-refractivity contribution in [1.82, 2.24) is 0 Å². The summed E-state index contributed by atoms with van der Waals surface area (Å²) in [6.45, 7) is 0. The summed E-state index contributed by atoms with van der Waals surface area (Å²) in [5, 5.41) is 2.84. The Bertz CT molecular complexity index is 358. The molecule has 1 heterocycles. The van der Waals surface area contributed by atoms with Crippen LogP contribution in [0.3, 0.4) is 0 Å². The van der Waals surface area contributed by atoms with Crippen LogP contribution in [0.4, 0.5) is 4.39 Å². The summed E-state index contributed by atoms with van der Waals surface area (Å²) in [5.74, 6) is -0.141. The monoisotopic (exact) mass is 230 g/mol. The first-order chi connectivity index (χ1) is 5.29. The SMILES string of the molecule is Fc1ccc(Br)c2ccsc12. The highest BCUT2D eigenvalue weighted by Gasteiger charge is 2.03. The zero-order valence-corrected chi connectivity index (χ0v) is 7.88. The molecule has 0 saturated heterocycles. The van der Waals surface area contributed by atoms with Crippen LogP contribution in [0.25, 0.3) is 10.1 Å². The van der Waals surface area contributed by atoms with E-state index in [1.54, 1.807) is 6.07 Å². The molecule has 0 radical (unpaired) electrons. The highest BCUT2D eigenvalue weighted by Crippen LogP contribution is 2.29. The van der Waals surface area contributed by atoms with Crippen molar-refractivity contribution in [2.75, 3.05) is 0 Å². The highest BCUT2D eigenvalue weighted by atomic mass is 79.9. The van der Waals surface area contributed by atoms with Gasteiger partial charge in [0.15, 0.2) is 0 Å². The number of rotatable bonds is 0. The first-order valence-corrected chi connectivity index (χ1v) is 4.77. The fraction of sp³-hybridized carbons (Fsp3) is 0. The second-order valence-corrected chi connectivity index (χ2v) is 3.96. The molecule has 0 aliphatic rings. The van der Waals surface area contributed by atoms with Crippen molar-refractivity contribution in [3.05, 3.63) is 33.9 Å². The maximum absolute atomic E-state index is 13.0. The van der Waals surface area contributed by atoms with Gasteiger partial charge in [-0.15, -0.1) is 11.3 Å². The van der Waals surface area contributed by atoms with Gasteiger partial charge in [-0.1, -0.05) is 15.9 Å².